The lowest BCUT2D eigenvalue weighted by Gasteiger charge is -2.43. The fraction of sp³-hybridized carbons (Fsp3) is 0.422. The number of likely N-dealkylation sites (tertiary alicyclic amines) is 1. The highest BCUT2D eigenvalue weighted by molar-refractivity contribution is 6.23. The summed E-state index contributed by atoms with van der Waals surface area (Å²) in [6, 6.07) is 22.5. The lowest BCUT2D eigenvalue weighted by atomic mass is 9.92. The first-order valence-corrected chi connectivity index (χ1v) is 20.2. The van der Waals surface area contributed by atoms with Crippen LogP contribution in [0, 0.1) is 38.0 Å². The lowest BCUT2D eigenvalue weighted by molar-refractivity contribution is -0.136. The van der Waals surface area contributed by atoms with E-state index in [4.69, 9.17) is 9.78 Å². The average molecular weight is 768 g/mol. The molecule has 0 spiro atoms. The van der Waals surface area contributed by atoms with Gasteiger partial charge in [-0.05, 0) is 131 Å². The van der Waals surface area contributed by atoms with E-state index in [9.17, 15) is 19.2 Å². The summed E-state index contributed by atoms with van der Waals surface area (Å²) in [7, 11) is 0. The summed E-state index contributed by atoms with van der Waals surface area (Å²) in [5.74, 6) is -0.620. The quantitative estimate of drug-likeness (QED) is 0.175. The van der Waals surface area contributed by atoms with Crippen LogP contribution in [0.25, 0.3) is 11.1 Å². The number of fused-ring (bicyclic) bond motifs is 1. The number of aryl methyl sites for hydroxylation is 4. The van der Waals surface area contributed by atoms with Crippen LogP contribution in [0.15, 0.2) is 65.2 Å². The first-order chi connectivity index (χ1) is 27.6. The van der Waals surface area contributed by atoms with E-state index < -0.39 is 23.8 Å². The van der Waals surface area contributed by atoms with Crippen LogP contribution >= 0.6 is 0 Å². The lowest BCUT2D eigenvalue weighted by Crippen LogP contribution is -2.54. The fourth-order valence-corrected chi connectivity index (χ4v) is 9.24. The van der Waals surface area contributed by atoms with E-state index in [1.807, 2.05) is 19.9 Å². The van der Waals surface area contributed by atoms with Gasteiger partial charge in [0, 0.05) is 61.1 Å². The van der Waals surface area contributed by atoms with Gasteiger partial charge in [-0.15, -0.1) is 0 Å². The van der Waals surface area contributed by atoms with Crippen LogP contribution in [0.5, 0.6) is 0 Å². The number of nitrogens with zero attached hydrogens (tertiary/aromatic N) is 6. The van der Waals surface area contributed by atoms with Crippen LogP contribution < -0.4 is 15.1 Å². The predicted octanol–water partition coefficient (Wildman–Crippen LogP) is 6.64. The fourth-order valence-electron chi connectivity index (χ4n) is 9.24. The second-order valence-electron chi connectivity index (χ2n) is 16.0. The smallest absolute Gasteiger partial charge is 0.262 e. The van der Waals surface area contributed by atoms with Gasteiger partial charge in [-0.1, -0.05) is 29.4 Å². The minimum Gasteiger partial charge on any atom is -0.371 e. The first kappa shape index (κ1) is 38.1. The number of rotatable bonds is 10. The third-order valence-corrected chi connectivity index (χ3v) is 12.5. The Morgan fingerprint density at radius 1 is 0.860 bits per heavy atom. The SMILES string of the molecule is Cc1ccc(-c2c(C)noc2C)cc1N(CC1CCN(C2CCN(c3ccc4c(c3)C(=O)N(C3CCC(=O)NC3=O)C4=O)CC2)CC1)c1ccc(CCC#N)cc1. The van der Waals surface area contributed by atoms with Crippen LogP contribution in [0.3, 0.4) is 0 Å². The molecule has 1 aromatic heterocycles. The molecule has 0 bridgehead atoms. The van der Waals surface area contributed by atoms with E-state index >= 15 is 0 Å². The molecule has 12 nitrogen and oxygen atoms in total. The number of carbonyl (C=O) groups is 4. The zero-order chi connectivity index (χ0) is 39.8. The molecule has 294 valence electrons. The van der Waals surface area contributed by atoms with Gasteiger partial charge in [0.25, 0.3) is 11.8 Å². The molecule has 57 heavy (non-hydrogen) atoms. The maximum Gasteiger partial charge on any atom is 0.262 e. The highest BCUT2D eigenvalue weighted by Gasteiger charge is 2.45. The van der Waals surface area contributed by atoms with Crippen LogP contribution in [-0.2, 0) is 16.0 Å². The van der Waals surface area contributed by atoms with Gasteiger partial charge in [-0.25, -0.2) is 0 Å². The van der Waals surface area contributed by atoms with Crippen molar-refractivity contribution in [1.82, 2.24) is 20.3 Å². The molecule has 12 heteroatoms. The van der Waals surface area contributed by atoms with Crippen molar-refractivity contribution < 1.29 is 23.7 Å². The van der Waals surface area contributed by atoms with E-state index in [-0.39, 0.29) is 18.7 Å². The van der Waals surface area contributed by atoms with Gasteiger partial charge in [0.1, 0.15) is 11.8 Å². The van der Waals surface area contributed by atoms with E-state index in [2.05, 4.69) is 80.6 Å². The van der Waals surface area contributed by atoms with Crippen molar-refractivity contribution in [3.05, 3.63) is 94.4 Å². The number of benzene rings is 3. The van der Waals surface area contributed by atoms with Crippen LogP contribution in [0.4, 0.5) is 17.1 Å². The largest absolute Gasteiger partial charge is 0.371 e. The molecule has 8 rings (SSSR count). The van der Waals surface area contributed by atoms with Crippen molar-refractivity contribution in [3.63, 3.8) is 0 Å². The number of nitriles is 1. The molecule has 1 atom stereocenters. The summed E-state index contributed by atoms with van der Waals surface area (Å²) in [5, 5.41) is 15.6. The topological polar surface area (TPSA) is 143 Å². The molecule has 1 N–H and O–H groups in total. The number of anilines is 3. The molecule has 0 saturated carbocycles. The van der Waals surface area contributed by atoms with Gasteiger partial charge in [0.15, 0.2) is 0 Å². The predicted molar refractivity (Wildman–Crippen MR) is 216 cm³/mol. The highest BCUT2D eigenvalue weighted by atomic mass is 16.5. The molecular formula is C45H49N7O5. The van der Waals surface area contributed by atoms with Crippen LogP contribution in [0.2, 0.25) is 0 Å². The zero-order valence-corrected chi connectivity index (χ0v) is 32.9. The number of hydrogen-bond acceptors (Lipinski definition) is 10. The Hall–Kier alpha value is -5.80. The van der Waals surface area contributed by atoms with Crippen LogP contribution in [-0.4, -0.2) is 83.4 Å². The molecule has 3 saturated heterocycles. The van der Waals surface area contributed by atoms with Gasteiger partial charge < -0.3 is 19.2 Å². The van der Waals surface area contributed by atoms with Crippen molar-refractivity contribution in [2.45, 2.75) is 84.2 Å². The summed E-state index contributed by atoms with van der Waals surface area (Å²) in [4.78, 5) is 59.3. The monoisotopic (exact) mass is 767 g/mol. The van der Waals surface area contributed by atoms with Crippen molar-refractivity contribution in [1.29, 1.82) is 5.26 Å². The Labute approximate surface area is 333 Å². The molecule has 0 aliphatic carbocycles. The molecule has 3 fully saturated rings. The minimum atomic E-state index is -0.969. The summed E-state index contributed by atoms with van der Waals surface area (Å²) >= 11 is 0. The maximum absolute atomic E-state index is 13.4. The third kappa shape index (κ3) is 7.56. The van der Waals surface area contributed by atoms with Crippen molar-refractivity contribution in [2.75, 3.05) is 42.5 Å². The Kier molecular flexibility index (Phi) is 10.7. The first-order valence-electron chi connectivity index (χ1n) is 20.2. The molecule has 3 aromatic carbocycles. The number of imide groups is 2. The molecule has 1 unspecified atom stereocenters. The average Bonchev–Trinajstić information content (AvgIpc) is 3.69. The van der Waals surface area contributed by atoms with Crippen LogP contribution in [0.1, 0.15) is 88.2 Å². The van der Waals surface area contributed by atoms with E-state index in [0.717, 1.165) is 109 Å². The van der Waals surface area contributed by atoms with Crippen molar-refractivity contribution in [3.8, 4) is 17.2 Å². The molecule has 4 aromatic rings. The number of carbonyl (C=O) groups excluding carboxylic acids is 4. The van der Waals surface area contributed by atoms with Gasteiger partial charge in [0.2, 0.25) is 11.8 Å². The number of aromatic nitrogens is 1. The Morgan fingerprint density at radius 2 is 1.60 bits per heavy atom. The Balaban J connectivity index is 0.913. The van der Waals surface area contributed by atoms with Gasteiger partial charge in [-0.3, -0.25) is 29.4 Å². The molecule has 4 amide bonds. The molecule has 4 aliphatic rings. The van der Waals surface area contributed by atoms with E-state index in [1.165, 1.54) is 11.3 Å². The number of hydrogen-bond donors (Lipinski definition) is 1. The molecule has 4 aliphatic heterocycles. The van der Waals surface area contributed by atoms with Gasteiger partial charge in [0.05, 0.1) is 22.9 Å². The van der Waals surface area contributed by atoms with Gasteiger partial charge >= 0.3 is 0 Å². The van der Waals surface area contributed by atoms with Crippen molar-refractivity contribution >= 4 is 40.7 Å². The van der Waals surface area contributed by atoms with Gasteiger partial charge in [-0.2, -0.15) is 5.26 Å². The summed E-state index contributed by atoms with van der Waals surface area (Å²) < 4.78 is 5.53. The number of amides is 4. The molecular weight excluding hydrogens is 719 g/mol. The summed E-state index contributed by atoms with van der Waals surface area (Å²) in [6.07, 6.45) is 5.71. The summed E-state index contributed by atoms with van der Waals surface area (Å²) in [5.41, 5.74) is 9.24. The highest BCUT2D eigenvalue weighted by Crippen LogP contribution is 2.38. The van der Waals surface area contributed by atoms with E-state index in [1.54, 1.807) is 12.1 Å². The van der Waals surface area contributed by atoms with E-state index in [0.29, 0.717) is 29.5 Å². The number of piperidine rings is 3. The maximum atomic E-state index is 13.4. The normalized spacial score (nSPS) is 19.5. The molecule has 0 radical (unpaired) electrons. The Bertz CT molecular complexity index is 2220. The standard InChI is InChI=1S/C45H49N7O5/c1-28-6-9-33(42-29(2)48-57-30(42)3)25-40(28)51(35-10-7-31(8-11-35)5-4-20-46)27-32-16-21-49(22-17-32)34-18-23-50(24-19-34)36-12-13-37-38(26-36)45(56)52(44(37)55)39-14-15-41(53)47-43(39)54/h6-13,25-26,32,34,39H,4-5,14-19,21-24,27H2,1-3H3,(H,47,53,54). The second-order valence-corrected chi connectivity index (χ2v) is 16.0. The Morgan fingerprint density at radius 3 is 2.28 bits per heavy atom. The second kappa shape index (κ2) is 16.0. The van der Waals surface area contributed by atoms with Crippen molar-refractivity contribution in [2.24, 2.45) is 5.92 Å². The summed E-state index contributed by atoms with van der Waals surface area (Å²) in [6.45, 7) is 10.8. The minimum absolute atomic E-state index is 0.0967. The number of nitrogens with one attached hydrogen (secondary N) is 1. The molecule has 5 heterocycles. The third-order valence-electron chi connectivity index (χ3n) is 12.5. The zero-order valence-electron chi connectivity index (χ0n) is 32.9.